The van der Waals surface area contributed by atoms with Crippen molar-refractivity contribution in [2.24, 2.45) is 0 Å². The molecule has 112 valence electrons. The molecule has 1 heterocycles. The number of benzene rings is 2. The largest absolute Gasteiger partial charge is 0.593 e. The Hall–Kier alpha value is -2.15. The van der Waals surface area contributed by atoms with Crippen molar-refractivity contribution in [3.63, 3.8) is 0 Å². The summed E-state index contributed by atoms with van der Waals surface area (Å²) >= 11 is -1.25. The van der Waals surface area contributed by atoms with Crippen LogP contribution in [-0.2, 0) is 17.9 Å². The van der Waals surface area contributed by atoms with E-state index in [0.717, 1.165) is 5.56 Å². The van der Waals surface area contributed by atoms with Gasteiger partial charge in [0.1, 0.15) is 0 Å². The van der Waals surface area contributed by atoms with E-state index in [0.29, 0.717) is 16.0 Å². The molecule has 1 atom stereocenters. The number of imide groups is 1. The number of hydrogen-bond donors (Lipinski definition) is 1. The van der Waals surface area contributed by atoms with Gasteiger partial charge in [-0.25, -0.2) is 0 Å². The number of carbonyl (C=O) groups excluding carboxylic acids is 2. The van der Waals surface area contributed by atoms with Crippen molar-refractivity contribution in [3.8, 4) is 0 Å². The van der Waals surface area contributed by atoms with Crippen LogP contribution in [-0.4, -0.2) is 28.3 Å². The Morgan fingerprint density at radius 2 is 1.55 bits per heavy atom. The van der Waals surface area contributed by atoms with Crippen LogP contribution in [0.25, 0.3) is 0 Å². The molecular formula is C16H14N2O3S. The molecule has 3 rings (SSSR count). The average molecular weight is 314 g/mol. The summed E-state index contributed by atoms with van der Waals surface area (Å²) in [6.07, 6.45) is 0. The van der Waals surface area contributed by atoms with Gasteiger partial charge in [0, 0.05) is 7.05 Å². The van der Waals surface area contributed by atoms with Crippen molar-refractivity contribution < 1.29 is 14.1 Å². The van der Waals surface area contributed by atoms with Crippen molar-refractivity contribution in [2.75, 3.05) is 7.05 Å². The highest BCUT2D eigenvalue weighted by Crippen LogP contribution is 2.24. The van der Waals surface area contributed by atoms with Gasteiger partial charge in [0.05, 0.1) is 29.0 Å². The molecule has 0 bridgehead atoms. The maximum absolute atomic E-state index is 12.3. The standard InChI is InChI=1S/C16H14N2O3S/c1-17-22(21)12-8-6-11(7-9-12)10-18-15(19)13-4-2-3-5-14(13)16(18)20/h2-9,17H,10H2,1H3. The van der Waals surface area contributed by atoms with Crippen molar-refractivity contribution in [1.82, 2.24) is 9.62 Å². The molecular weight excluding hydrogens is 300 g/mol. The summed E-state index contributed by atoms with van der Waals surface area (Å²) in [5, 5.41) is 0. The molecule has 22 heavy (non-hydrogen) atoms. The molecule has 0 aliphatic carbocycles. The van der Waals surface area contributed by atoms with Gasteiger partial charge in [-0.05, 0) is 29.8 Å². The molecule has 1 N–H and O–H groups in total. The molecule has 5 nitrogen and oxygen atoms in total. The third-order valence-electron chi connectivity index (χ3n) is 3.54. The van der Waals surface area contributed by atoms with E-state index in [1.165, 1.54) is 4.90 Å². The van der Waals surface area contributed by atoms with Gasteiger partial charge in [0.15, 0.2) is 4.90 Å². The topological polar surface area (TPSA) is 72.5 Å². The SMILES string of the molecule is CN[S+]([O-])c1ccc(CN2C(=O)c3ccccc3C2=O)cc1. The van der Waals surface area contributed by atoms with Crippen molar-refractivity contribution in [2.45, 2.75) is 11.4 Å². The molecule has 0 fully saturated rings. The second-order valence-corrected chi connectivity index (χ2v) is 6.28. The van der Waals surface area contributed by atoms with E-state index in [-0.39, 0.29) is 18.4 Å². The van der Waals surface area contributed by atoms with Gasteiger partial charge in [-0.2, -0.15) is 0 Å². The third-order valence-corrected chi connectivity index (χ3v) is 4.61. The van der Waals surface area contributed by atoms with E-state index in [2.05, 4.69) is 4.72 Å². The predicted octanol–water partition coefficient (Wildman–Crippen LogP) is 1.72. The monoisotopic (exact) mass is 314 g/mol. The van der Waals surface area contributed by atoms with Gasteiger partial charge < -0.3 is 4.55 Å². The predicted molar refractivity (Wildman–Crippen MR) is 82.6 cm³/mol. The number of nitrogens with zero attached hydrogens (tertiary/aromatic N) is 1. The van der Waals surface area contributed by atoms with Crippen LogP contribution in [0.2, 0.25) is 0 Å². The van der Waals surface area contributed by atoms with Crippen LogP contribution in [0, 0.1) is 0 Å². The van der Waals surface area contributed by atoms with Crippen LogP contribution in [0.4, 0.5) is 0 Å². The maximum atomic E-state index is 12.3. The molecule has 1 unspecified atom stereocenters. The fourth-order valence-corrected chi connectivity index (χ4v) is 3.02. The Kier molecular flexibility index (Phi) is 3.98. The normalized spacial score (nSPS) is 15.1. The number of fused-ring (bicyclic) bond motifs is 1. The van der Waals surface area contributed by atoms with Crippen molar-refractivity contribution in [3.05, 3.63) is 65.2 Å². The van der Waals surface area contributed by atoms with Gasteiger partial charge in [0.2, 0.25) is 0 Å². The zero-order chi connectivity index (χ0) is 15.7. The highest BCUT2D eigenvalue weighted by Gasteiger charge is 2.34. The molecule has 2 amide bonds. The van der Waals surface area contributed by atoms with E-state index in [9.17, 15) is 14.1 Å². The molecule has 1 aliphatic rings. The second kappa shape index (κ2) is 5.92. The highest BCUT2D eigenvalue weighted by molar-refractivity contribution is 7.89. The first kappa shape index (κ1) is 14.8. The Labute approximate surface area is 131 Å². The van der Waals surface area contributed by atoms with Gasteiger partial charge >= 0.3 is 0 Å². The first-order valence-electron chi connectivity index (χ1n) is 6.75. The lowest BCUT2D eigenvalue weighted by atomic mass is 10.1. The van der Waals surface area contributed by atoms with Gasteiger partial charge in [-0.3, -0.25) is 14.5 Å². The number of carbonyl (C=O) groups is 2. The number of hydrogen-bond acceptors (Lipinski definition) is 4. The Bertz CT molecular complexity index is 695. The van der Waals surface area contributed by atoms with E-state index in [1.807, 2.05) is 0 Å². The second-order valence-electron chi connectivity index (χ2n) is 4.86. The van der Waals surface area contributed by atoms with E-state index >= 15 is 0 Å². The van der Waals surface area contributed by atoms with E-state index in [4.69, 9.17) is 0 Å². The average Bonchev–Trinajstić information content (AvgIpc) is 2.80. The third kappa shape index (κ3) is 2.52. The van der Waals surface area contributed by atoms with E-state index in [1.54, 1.807) is 55.6 Å². The molecule has 0 radical (unpaired) electrons. The molecule has 0 saturated heterocycles. The lowest BCUT2D eigenvalue weighted by Gasteiger charge is -2.14. The lowest BCUT2D eigenvalue weighted by molar-refractivity contribution is 0.0642. The quantitative estimate of drug-likeness (QED) is 0.689. The van der Waals surface area contributed by atoms with Crippen molar-refractivity contribution in [1.29, 1.82) is 0 Å². The molecule has 6 heteroatoms. The van der Waals surface area contributed by atoms with E-state index < -0.39 is 11.4 Å². The number of rotatable bonds is 4. The summed E-state index contributed by atoms with van der Waals surface area (Å²) in [5.74, 6) is -0.549. The summed E-state index contributed by atoms with van der Waals surface area (Å²) < 4.78 is 14.3. The maximum Gasteiger partial charge on any atom is 0.261 e. The Morgan fingerprint density at radius 3 is 2.05 bits per heavy atom. The Morgan fingerprint density at radius 1 is 1.00 bits per heavy atom. The van der Waals surface area contributed by atoms with Gasteiger partial charge in [-0.15, -0.1) is 4.72 Å². The zero-order valence-electron chi connectivity index (χ0n) is 11.9. The first-order chi connectivity index (χ1) is 10.6. The fraction of sp³-hybridized carbons (Fsp3) is 0.125. The van der Waals surface area contributed by atoms with Gasteiger partial charge in [-0.1, -0.05) is 24.3 Å². The summed E-state index contributed by atoms with van der Waals surface area (Å²) in [6, 6.07) is 13.8. The smallest absolute Gasteiger partial charge is 0.261 e. The zero-order valence-corrected chi connectivity index (χ0v) is 12.7. The van der Waals surface area contributed by atoms with Crippen molar-refractivity contribution >= 4 is 23.2 Å². The first-order valence-corrected chi connectivity index (χ1v) is 7.90. The summed E-state index contributed by atoms with van der Waals surface area (Å²) in [6.45, 7) is 0.207. The lowest BCUT2D eigenvalue weighted by Crippen LogP contribution is -2.29. The van der Waals surface area contributed by atoms with Crippen LogP contribution < -0.4 is 4.72 Å². The van der Waals surface area contributed by atoms with Crippen LogP contribution >= 0.6 is 0 Å². The number of amides is 2. The minimum absolute atomic E-state index is 0.207. The Balaban J connectivity index is 1.80. The summed E-state index contributed by atoms with van der Waals surface area (Å²) in [7, 11) is 1.61. The molecule has 1 aliphatic heterocycles. The molecule has 2 aromatic rings. The minimum Gasteiger partial charge on any atom is -0.593 e. The van der Waals surface area contributed by atoms with Crippen LogP contribution in [0.5, 0.6) is 0 Å². The summed E-state index contributed by atoms with van der Waals surface area (Å²) in [5.41, 5.74) is 1.70. The fourth-order valence-electron chi connectivity index (χ4n) is 2.40. The highest BCUT2D eigenvalue weighted by atomic mass is 32.2. The molecule has 0 spiro atoms. The number of nitrogens with one attached hydrogen (secondary N) is 1. The molecule has 0 aromatic heterocycles. The van der Waals surface area contributed by atoms with Crippen LogP contribution in [0.3, 0.4) is 0 Å². The summed E-state index contributed by atoms with van der Waals surface area (Å²) in [4.78, 5) is 26.4. The van der Waals surface area contributed by atoms with Crippen LogP contribution in [0.1, 0.15) is 26.3 Å². The molecule has 0 saturated carbocycles. The van der Waals surface area contributed by atoms with Gasteiger partial charge in [0.25, 0.3) is 11.8 Å². The minimum atomic E-state index is -1.25. The molecule has 2 aromatic carbocycles. The van der Waals surface area contributed by atoms with Crippen LogP contribution in [0.15, 0.2) is 53.4 Å².